The van der Waals surface area contributed by atoms with E-state index in [2.05, 4.69) is 0 Å². The number of nitrogens with one attached hydrogen (secondary N) is 1. The van der Waals surface area contributed by atoms with Crippen LogP contribution in [0.5, 0.6) is 5.75 Å². The lowest BCUT2D eigenvalue weighted by molar-refractivity contribution is -0.386. The third kappa shape index (κ3) is 3.89. The van der Waals surface area contributed by atoms with Crippen molar-refractivity contribution < 1.29 is 19.2 Å². The SMILES string of the molecule is CC(C)(COc1ccc(C(N)=O)cc1[N+](=O)[O-])C(=O)NN. The zero-order chi connectivity index (χ0) is 16.2. The number of nitrogens with two attached hydrogens (primary N) is 2. The third-order valence-electron chi connectivity index (χ3n) is 2.77. The van der Waals surface area contributed by atoms with E-state index in [4.69, 9.17) is 16.3 Å². The Kier molecular flexibility index (Phi) is 4.82. The van der Waals surface area contributed by atoms with Crippen LogP contribution in [0.15, 0.2) is 18.2 Å². The van der Waals surface area contributed by atoms with E-state index in [9.17, 15) is 19.7 Å². The first-order valence-electron chi connectivity index (χ1n) is 5.91. The van der Waals surface area contributed by atoms with Gasteiger partial charge in [0.15, 0.2) is 5.75 Å². The molecule has 21 heavy (non-hydrogen) atoms. The molecular weight excluding hydrogens is 280 g/mol. The van der Waals surface area contributed by atoms with Gasteiger partial charge in [-0.1, -0.05) is 0 Å². The van der Waals surface area contributed by atoms with Gasteiger partial charge in [0.2, 0.25) is 11.8 Å². The first-order chi connectivity index (χ1) is 9.69. The van der Waals surface area contributed by atoms with Gasteiger partial charge in [0.05, 0.1) is 10.3 Å². The van der Waals surface area contributed by atoms with Crippen LogP contribution in [0.4, 0.5) is 5.69 Å². The topological polar surface area (TPSA) is 151 Å². The number of hydrogen-bond donors (Lipinski definition) is 3. The number of ether oxygens (including phenoxy) is 1. The molecule has 0 aliphatic rings. The van der Waals surface area contributed by atoms with E-state index in [1.807, 2.05) is 5.43 Å². The molecular formula is C12H16N4O5. The van der Waals surface area contributed by atoms with Gasteiger partial charge in [-0.3, -0.25) is 25.1 Å². The molecule has 9 heteroatoms. The second-order valence-electron chi connectivity index (χ2n) is 4.95. The fourth-order valence-electron chi connectivity index (χ4n) is 1.45. The Morgan fingerprint density at radius 2 is 2.05 bits per heavy atom. The second-order valence-corrected chi connectivity index (χ2v) is 4.95. The zero-order valence-corrected chi connectivity index (χ0v) is 11.6. The fourth-order valence-corrected chi connectivity index (χ4v) is 1.45. The summed E-state index contributed by atoms with van der Waals surface area (Å²) in [6.07, 6.45) is 0. The monoisotopic (exact) mass is 296 g/mol. The highest BCUT2D eigenvalue weighted by Crippen LogP contribution is 2.29. The van der Waals surface area contributed by atoms with Crippen molar-refractivity contribution >= 4 is 17.5 Å². The van der Waals surface area contributed by atoms with Crippen LogP contribution < -0.4 is 21.7 Å². The molecule has 0 saturated heterocycles. The van der Waals surface area contributed by atoms with E-state index in [1.165, 1.54) is 12.1 Å². The van der Waals surface area contributed by atoms with Crippen LogP contribution >= 0.6 is 0 Å². The average molecular weight is 296 g/mol. The molecule has 0 aliphatic heterocycles. The number of nitrogens with zero attached hydrogens (tertiary/aromatic N) is 1. The highest BCUT2D eigenvalue weighted by atomic mass is 16.6. The van der Waals surface area contributed by atoms with Gasteiger partial charge in [-0.25, -0.2) is 5.84 Å². The molecule has 1 aromatic carbocycles. The summed E-state index contributed by atoms with van der Waals surface area (Å²) < 4.78 is 5.31. The Balaban J connectivity index is 3.01. The highest BCUT2D eigenvalue weighted by Gasteiger charge is 2.29. The number of rotatable bonds is 6. The van der Waals surface area contributed by atoms with Crippen molar-refractivity contribution in [2.24, 2.45) is 17.0 Å². The number of carbonyl (C=O) groups excluding carboxylic acids is 2. The zero-order valence-electron chi connectivity index (χ0n) is 11.6. The molecule has 9 nitrogen and oxygen atoms in total. The largest absolute Gasteiger partial charge is 0.486 e. The van der Waals surface area contributed by atoms with Gasteiger partial charge in [0.25, 0.3) is 0 Å². The normalized spacial score (nSPS) is 10.8. The van der Waals surface area contributed by atoms with Gasteiger partial charge < -0.3 is 10.5 Å². The number of nitro groups is 1. The molecule has 1 rings (SSSR count). The summed E-state index contributed by atoms with van der Waals surface area (Å²) in [7, 11) is 0. The summed E-state index contributed by atoms with van der Waals surface area (Å²) >= 11 is 0. The Morgan fingerprint density at radius 3 is 2.52 bits per heavy atom. The van der Waals surface area contributed by atoms with Crippen LogP contribution in [0.25, 0.3) is 0 Å². The Bertz CT molecular complexity index is 585. The van der Waals surface area contributed by atoms with Gasteiger partial charge in [-0.15, -0.1) is 0 Å². The number of hydrogen-bond acceptors (Lipinski definition) is 6. The maximum atomic E-state index is 11.5. The van der Waals surface area contributed by atoms with Crippen molar-refractivity contribution in [1.82, 2.24) is 5.43 Å². The molecule has 5 N–H and O–H groups in total. The van der Waals surface area contributed by atoms with Gasteiger partial charge >= 0.3 is 5.69 Å². The first kappa shape index (κ1) is 16.4. The van der Waals surface area contributed by atoms with Crippen LogP contribution in [0.2, 0.25) is 0 Å². The summed E-state index contributed by atoms with van der Waals surface area (Å²) in [5.41, 5.74) is 5.66. The number of carbonyl (C=O) groups is 2. The standard InChI is InChI=1S/C12H16N4O5/c1-12(2,11(18)15-14)6-21-9-4-3-7(10(13)17)5-8(9)16(19)20/h3-5H,6,14H2,1-2H3,(H2,13,17)(H,15,18). The molecule has 0 spiro atoms. The average Bonchev–Trinajstić information content (AvgIpc) is 2.43. The van der Waals surface area contributed by atoms with E-state index in [1.54, 1.807) is 13.8 Å². The molecule has 0 heterocycles. The molecule has 0 unspecified atom stereocenters. The third-order valence-corrected chi connectivity index (χ3v) is 2.77. The molecule has 0 aliphatic carbocycles. The first-order valence-corrected chi connectivity index (χ1v) is 5.91. The van der Waals surface area contributed by atoms with Crippen LogP contribution in [-0.4, -0.2) is 23.3 Å². The summed E-state index contributed by atoms with van der Waals surface area (Å²) in [5, 5.41) is 11.0. The van der Waals surface area contributed by atoms with Gasteiger partial charge in [-0.2, -0.15) is 0 Å². The number of hydrazine groups is 1. The Labute approximate surface area is 120 Å². The van der Waals surface area contributed by atoms with Crippen LogP contribution in [-0.2, 0) is 4.79 Å². The van der Waals surface area contributed by atoms with Crippen LogP contribution in [0, 0.1) is 15.5 Å². The maximum Gasteiger partial charge on any atom is 0.311 e. The van der Waals surface area contributed by atoms with Crippen molar-refractivity contribution in [3.8, 4) is 5.75 Å². The van der Waals surface area contributed by atoms with E-state index < -0.39 is 27.8 Å². The van der Waals surface area contributed by atoms with Crippen LogP contribution in [0.1, 0.15) is 24.2 Å². The lowest BCUT2D eigenvalue weighted by atomic mass is 9.94. The second kappa shape index (κ2) is 6.18. The van der Waals surface area contributed by atoms with Crippen molar-refractivity contribution in [1.29, 1.82) is 0 Å². The van der Waals surface area contributed by atoms with Crippen molar-refractivity contribution in [3.63, 3.8) is 0 Å². The minimum atomic E-state index is -0.981. The predicted molar refractivity (Wildman–Crippen MR) is 73.2 cm³/mol. The van der Waals surface area contributed by atoms with Gasteiger partial charge in [0.1, 0.15) is 6.61 Å². The smallest absolute Gasteiger partial charge is 0.311 e. The Hall–Kier alpha value is -2.68. The lowest BCUT2D eigenvalue weighted by Crippen LogP contribution is -2.44. The minimum absolute atomic E-state index is 0.00647. The van der Waals surface area contributed by atoms with E-state index in [0.717, 1.165) is 6.07 Å². The summed E-state index contributed by atoms with van der Waals surface area (Å²) in [4.78, 5) is 32.8. The van der Waals surface area contributed by atoms with Crippen LogP contribution in [0.3, 0.4) is 0 Å². The molecule has 0 aromatic heterocycles. The van der Waals surface area contributed by atoms with Gasteiger partial charge in [-0.05, 0) is 26.0 Å². The summed E-state index contributed by atoms with van der Waals surface area (Å²) in [5.74, 6) is 3.72. The molecule has 0 saturated carbocycles. The van der Waals surface area contributed by atoms with Crippen molar-refractivity contribution in [2.75, 3.05) is 6.61 Å². The number of amides is 2. The molecule has 1 aromatic rings. The lowest BCUT2D eigenvalue weighted by Gasteiger charge is -2.22. The summed E-state index contributed by atoms with van der Waals surface area (Å²) in [6.45, 7) is 3.00. The summed E-state index contributed by atoms with van der Waals surface area (Å²) in [6, 6.07) is 3.59. The van der Waals surface area contributed by atoms with Crippen molar-refractivity contribution in [2.45, 2.75) is 13.8 Å². The molecule has 114 valence electrons. The van der Waals surface area contributed by atoms with E-state index in [-0.39, 0.29) is 17.9 Å². The number of primary amides is 1. The fraction of sp³-hybridized carbons (Fsp3) is 0.333. The van der Waals surface area contributed by atoms with Gasteiger partial charge in [0, 0.05) is 11.6 Å². The highest BCUT2D eigenvalue weighted by molar-refractivity contribution is 5.93. The molecule has 2 amide bonds. The molecule has 0 atom stereocenters. The van der Waals surface area contributed by atoms with E-state index in [0.29, 0.717) is 0 Å². The molecule has 0 radical (unpaired) electrons. The van der Waals surface area contributed by atoms with Crippen molar-refractivity contribution in [3.05, 3.63) is 33.9 Å². The minimum Gasteiger partial charge on any atom is -0.486 e. The number of nitro benzene ring substituents is 1. The molecule has 0 fully saturated rings. The maximum absolute atomic E-state index is 11.5. The predicted octanol–water partition coefficient (Wildman–Crippen LogP) is 0.0886. The molecule has 0 bridgehead atoms. The Morgan fingerprint density at radius 1 is 1.43 bits per heavy atom. The quantitative estimate of drug-likeness (QED) is 0.293. The van der Waals surface area contributed by atoms with E-state index >= 15 is 0 Å². The number of benzene rings is 1.